The van der Waals surface area contributed by atoms with Gasteiger partial charge < -0.3 is 19.7 Å². The highest BCUT2D eigenvalue weighted by Gasteiger charge is 2.24. The predicted octanol–water partition coefficient (Wildman–Crippen LogP) is 2.76. The van der Waals surface area contributed by atoms with Gasteiger partial charge in [0, 0.05) is 13.0 Å². The van der Waals surface area contributed by atoms with Gasteiger partial charge in [0.15, 0.2) is 18.1 Å². The van der Waals surface area contributed by atoms with Crippen LogP contribution >= 0.6 is 0 Å². The van der Waals surface area contributed by atoms with Gasteiger partial charge in [0.1, 0.15) is 0 Å². The quantitative estimate of drug-likeness (QED) is 0.929. The highest BCUT2D eigenvalue weighted by molar-refractivity contribution is 6.04. The Morgan fingerprint density at radius 2 is 2.00 bits per heavy atom. The van der Waals surface area contributed by atoms with Crippen LogP contribution in [-0.4, -0.2) is 32.1 Å². The minimum Gasteiger partial charge on any atom is -0.493 e. The molecule has 6 heteroatoms. The monoisotopic (exact) mass is 340 g/mol. The van der Waals surface area contributed by atoms with Crippen LogP contribution in [0.1, 0.15) is 12.0 Å². The molecule has 130 valence electrons. The number of fused-ring (bicyclic) bond motifs is 1. The number of methoxy groups -OCH3 is 1. The molecule has 0 aromatic heterocycles. The van der Waals surface area contributed by atoms with Crippen LogP contribution in [0.3, 0.4) is 0 Å². The number of benzene rings is 2. The summed E-state index contributed by atoms with van der Waals surface area (Å²) in [5.41, 5.74) is 2.35. The molecule has 1 heterocycles. The SMILES string of the molecule is COc1cc(C)ccc1OCC(=O)N1CCC(=O)Nc2ccccc21. The van der Waals surface area contributed by atoms with Crippen LogP contribution in [0, 0.1) is 6.92 Å². The minimum absolute atomic E-state index is 0.108. The second-order valence-electron chi connectivity index (χ2n) is 5.80. The second-order valence-corrected chi connectivity index (χ2v) is 5.80. The van der Waals surface area contributed by atoms with Crippen molar-refractivity contribution in [1.29, 1.82) is 0 Å². The molecule has 0 fully saturated rings. The molecule has 2 aromatic rings. The highest BCUT2D eigenvalue weighted by atomic mass is 16.5. The van der Waals surface area contributed by atoms with Gasteiger partial charge in [-0.25, -0.2) is 0 Å². The Kier molecular flexibility index (Phi) is 4.88. The molecule has 1 aliphatic rings. The lowest BCUT2D eigenvalue weighted by atomic mass is 10.2. The Morgan fingerprint density at radius 3 is 2.80 bits per heavy atom. The van der Waals surface area contributed by atoms with Crippen LogP contribution in [0.5, 0.6) is 11.5 Å². The predicted molar refractivity (Wildman–Crippen MR) is 95.3 cm³/mol. The van der Waals surface area contributed by atoms with Crippen LogP contribution in [0.15, 0.2) is 42.5 Å². The molecule has 0 radical (unpaired) electrons. The van der Waals surface area contributed by atoms with Crippen molar-refractivity contribution >= 4 is 23.2 Å². The lowest BCUT2D eigenvalue weighted by Gasteiger charge is -2.22. The zero-order chi connectivity index (χ0) is 17.8. The van der Waals surface area contributed by atoms with E-state index in [1.807, 2.05) is 37.3 Å². The van der Waals surface area contributed by atoms with E-state index in [0.717, 1.165) is 5.56 Å². The van der Waals surface area contributed by atoms with Crippen molar-refractivity contribution in [2.24, 2.45) is 0 Å². The van der Waals surface area contributed by atoms with E-state index < -0.39 is 0 Å². The van der Waals surface area contributed by atoms with Crippen LogP contribution < -0.4 is 19.7 Å². The van der Waals surface area contributed by atoms with E-state index in [-0.39, 0.29) is 24.8 Å². The first-order valence-electron chi connectivity index (χ1n) is 8.05. The number of hydrogen-bond acceptors (Lipinski definition) is 4. The maximum Gasteiger partial charge on any atom is 0.264 e. The molecule has 0 saturated carbocycles. The first kappa shape index (κ1) is 16.8. The number of carbonyl (C=O) groups is 2. The summed E-state index contributed by atoms with van der Waals surface area (Å²) in [6.45, 7) is 2.13. The molecular weight excluding hydrogens is 320 g/mol. The van der Waals surface area contributed by atoms with Gasteiger partial charge in [0.2, 0.25) is 5.91 Å². The summed E-state index contributed by atoms with van der Waals surface area (Å²) >= 11 is 0. The number of aryl methyl sites for hydroxylation is 1. The van der Waals surface area contributed by atoms with Crippen molar-refractivity contribution in [3.05, 3.63) is 48.0 Å². The van der Waals surface area contributed by atoms with Crippen molar-refractivity contribution in [3.8, 4) is 11.5 Å². The smallest absolute Gasteiger partial charge is 0.264 e. The second kappa shape index (κ2) is 7.25. The van der Waals surface area contributed by atoms with Crippen LogP contribution in [-0.2, 0) is 9.59 Å². The van der Waals surface area contributed by atoms with Gasteiger partial charge in [-0.3, -0.25) is 9.59 Å². The van der Waals surface area contributed by atoms with E-state index >= 15 is 0 Å². The molecule has 0 spiro atoms. The Hall–Kier alpha value is -3.02. The summed E-state index contributed by atoms with van der Waals surface area (Å²) in [4.78, 5) is 26.1. The number of nitrogens with zero attached hydrogens (tertiary/aromatic N) is 1. The highest BCUT2D eigenvalue weighted by Crippen LogP contribution is 2.30. The van der Waals surface area contributed by atoms with Gasteiger partial charge in [-0.1, -0.05) is 18.2 Å². The maximum absolute atomic E-state index is 12.7. The fourth-order valence-electron chi connectivity index (χ4n) is 2.73. The first-order valence-corrected chi connectivity index (χ1v) is 8.05. The first-order chi connectivity index (χ1) is 12.1. The molecule has 1 N–H and O–H groups in total. The van der Waals surface area contributed by atoms with Gasteiger partial charge >= 0.3 is 0 Å². The molecular formula is C19H20N2O4. The van der Waals surface area contributed by atoms with Gasteiger partial charge in [-0.05, 0) is 36.8 Å². The van der Waals surface area contributed by atoms with E-state index in [1.54, 1.807) is 24.1 Å². The largest absolute Gasteiger partial charge is 0.493 e. The summed E-state index contributed by atoms with van der Waals surface area (Å²) in [7, 11) is 1.56. The number of rotatable bonds is 4. The lowest BCUT2D eigenvalue weighted by Crippen LogP contribution is -2.35. The third-order valence-corrected chi connectivity index (χ3v) is 4.00. The zero-order valence-corrected chi connectivity index (χ0v) is 14.2. The Morgan fingerprint density at radius 1 is 1.20 bits per heavy atom. The summed E-state index contributed by atoms with van der Waals surface area (Å²) in [6.07, 6.45) is 0.244. The molecule has 6 nitrogen and oxygen atoms in total. The molecule has 1 aliphatic heterocycles. The number of anilines is 2. The number of para-hydroxylation sites is 2. The van der Waals surface area contributed by atoms with Crippen molar-refractivity contribution in [3.63, 3.8) is 0 Å². The minimum atomic E-state index is -0.216. The number of amides is 2. The van der Waals surface area contributed by atoms with Gasteiger partial charge in [0.05, 0.1) is 18.5 Å². The Bertz CT molecular complexity index is 804. The number of nitrogens with one attached hydrogen (secondary N) is 1. The maximum atomic E-state index is 12.7. The Balaban J connectivity index is 1.76. The molecule has 2 aromatic carbocycles. The lowest BCUT2D eigenvalue weighted by molar-refractivity contribution is -0.120. The van der Waals surface area contributed by atoms with E-state index in [1.165, 1.54) is 0 Å². The third-order valence-electron chi connectivity index (χ3n) is 4.00. The van der Waals surface area contributed by atoms with Crippen LogP contribution in [0.25, 0.3) is 0 Å². The molecule has 0 aliphatic carbocycles. The van der Waals surface area contributed by atoms with E-state index in [9.17, 15) is 9.59 Å². The average Bonchev–Trinajstić information content (AvgIpc) is 2.78. The molecule has 25 heavy (non-hydrogen) atoms. The number of ether oxygens (including phenoxy) is 2. The van der Waals surface area contributed by atoms with E-state index in [0.29, 0.717) is 29.4 Å². The topological polar surface area (TPSA) is 67.9 Å². The molecule has 2 amide bonds. The summed E-state index contributed by atoms with van der Waals surface area (Å²) in [5.74, 6) is 0.773. The summed E-state index contributed by atoms with van der Waals surface area (Å²) in [6, 6.07) is 12.8. The van der Waals surface area contributed by atoms with Crippen LogP contribution in [0.2, 0.25) is 0 Å². The standard InChI is InChI=1S/C19H20N2O4/c1-13-7-8-16(17(11-13)24-2)25-12-19(23)21-10-9-18(22)20-14-5-3-4-6-15(14)21/h3-8,11H,9-10,12H2,1-2H3,(H,20,22). The number of hydrogen-bond donors (Lipinski definition) is 1. The zero-order valence-electron chi connectivity index (χ0n) is 14.2. The molecule has 0 bridgehead atoms. The fraction of sp³-hybridized carbons (Fsp3) is 0.263. The molecule has 3 rings (SSSR count). The Labute approximate surface area is 146 Å². The van der Waals surface area contributed by atoms with Crippen LogP contribution in [0.4, 0.5) is 11.4 Å². The normalized spacial score (nSPS) is 13.5. The van der Waals surface area contributed by atoms with Gasteiger partial charge in [0.25, 0.3) is 5.91 Å². The van der Waals surface area contributed by atoms with Crippen molar-refractivity contribution in [2.45, 2.75) is 13.3 Å². The molecule has 0 saturated heterocycles. The molecule has 0 unspecified atom stereocenters. The third kappa shape index (κ3) is 3.74. The van der Waals surface area contributed by atoms with Crippen molar-refractivity contribution < 1.29 is 19.1 Å². The average molecular weight is 340 g/mol. The summed E-state index contributed by atoms with van der Waals surface area (Å²) in [5, 5.41) is 2.81. The van der Waals surface area contributed by atoms with E-state index in [2.05, 4.69) is 5.32 Å². The van der Waals surface area contributed by atoms with Crippen molar-refractivity contribution in [1.82, 2.24) is 0 Å². The number of carbonyl (C=O) groups excluding carboxylic acids is 2. The van der Waals surface area contributed by atoms with E-state index in [4.69, 9.17) is 9.47 Å². The van der Waals surface area contributed by atoms with Gasteiger partial charge in [-0.15, -0.1) is 0 Å². The fourth-order valence-corrected chi connectivity index (χ4v) is 2.73. The summed E-state index contributed by atoms with van der Waals surface area (Å²) < 4.78 is 10.9. The van der Waals surface area contributed by atoms with Crippen molar-refractivity contribution in [2.75, 3.05) is 30.5 Å². The van der Waals surface area contributed by atoms with Gasteiger partial charge in [-0.2, -0.15) is 0 Å². The molecule has 0 atom stereocenters.